The standard InChI is InChI=1S/C23H16N2O2S/c26-22(15-10-12-18(13-11-15)27-17-7-2-1-3-8-17)25-23-24-21-19-9-5-4-6-16(19)14-20(21)28-23/h1-13H,14H2,(H,24,25,26). The molecular formula is C23H16N2O2S. The third-order valence-corrected chi connectivity index (χ3v) is 5.61. The molecule has 0 fully saturated rings. The van der Waals surface area contributed by atoms with Crippen molar-refractivity contribution < 1.29 is 9.53 Å². The molecular weight excluding hydrogens is 368 g/mol. The lowest BCUT2D eigenvalue weighted by atomic mass is 10.1. The quantitative estimate of drug-likeness (QED) is 0.429. The lowest BCUT2D eigenvalue weighted by Crippen LogP contribution is -2.11. The number of rotatable bonds is 4. The van der Waals surface area contributed by atoms with E-state index < -0.39 is 0 Å². The lowest BCUT2D eigenvalue weighted by molar-refractivity contribution is 0.102. The van der Waals surface area contributed by atoms with Gasteiger partial charge < -0.3 is 4.74 Å². The summed E-state index contributed by atoms with van der Waals surface area (Å²) in [5.74, 6) is 1.27. The number of para-hydroxylation sites is 1. The van der Waals surface area contributed by atoms with E-state index in [1.807, 2.05) is 42.5 Å². The highest BCUT2D eigenvalue weighted by molar-refractivity contribution is 7.16. The maximum Gasteiger partial charge on any atom is 0.257 e. The summed E-state index contributed by atoms with van der Waals surface area (Å²) in [5.41, 5.74) is 4.01. The van der Waals surface area contributed by atoms with Gasteiger partial charge in [0, 0.05) is 22.4 Å². The van der Waals surface area contributed by atoms with Crippen LogP contribution in [0.4, 0.5) is 5.13 Å². The van der Waals surface area contributed by atoms with Crippen molar-refractivity contribution in [2.24, 2.45) is 0 Å². The summed E-state index contributed by atoms with van der Waals surface area (Å²) in [6.45, 7) is 0. The molecule has 136 valence electrons. The number of thiazole rings is 1. The van der Waals surface area contributed by atoms with Crippen molar-refractivity contribution in [2.45, 2.75) is 6.42 Å². The highest BCUT2D eigenvalue weighted by Crippen LogP contribution is 2.40. The Morgan fingerprint density at radius 3 is 2.43 bits per heavy atom. The minimum absolute atomic E-state index is 0.174. The maximum absolute atomic E-state index is 12.6. The number of amides is 1. The number of nitrogens with zero attached hydrogens (tertiary/aromatic N) is 1. The molecule has 3 aromatic carbocycles. The Labute approximate surface area is 166 Å². The fourth-order valence-corrected chi connectivity index (χ4v) is 4.28. The van der Waals surface area contributed by atoms with Crippen LogP contribution in [0.25, 0.3) is 11.3 Å². The number of carbonyl (C=O) groups excluding carboxylic acids is 1. The highest BCUT2D eigenvalue weighted by Gasteiger charge is 2.23. The van der Waals surface area contributed by atoms with Crippen LogP contribution in [0.15, 0.2) is 78.9 Å². The van der Waals surface area contributed by atoms with Crippen molar-refractivity contribution >= 4 is 22.4 Å². The van der Waals surface area contributed by atoms with E-state index in [4.69, 9.17) is 4.74 Å². The summed E-state index contributed by atoms with van der Waals surface area (Å²) in [6.07, 6.45) is 0.880. The zero-order chi connectivity index (χ0) is 18.9. The average molecular weight is 384 g/mol. The number of fused-ring (bicyclic) bond motifs is 3. The van der Waals surface area contributed by atoms with Gasteiger partial charge in [0.15, 0.2) is 5.13 Å². The number of nitrogens with one attached hydrogen (secondary N) is 1. The first-order valence-corrected chi connectivity index (χ1v) is 9.80. The van der Waals surface area contributed by atoms with E-state index in [2.05, 4.69) is 22.4 Å². The van der Waals surface area contributed by atoms with E-state index in [0.717, 1.165) is 23.4 Å². The van der Waals surface area contributed by atoms with Gasteiger partial charge in [0.1, 0.15) is 11.5 Å². The number of hydrogen-bond donors (Lipinski definition) is 1. The van der Waals surface area contributed by atoms with Crippen molar-refractivity contribution in [1.82, 2.24) is 4.98 Å². The van der Waals surface area contributed by atoms with Crippen LogP contribution in [0.1, 0.15) is 20.8 Å². The largest absolute Gasteiger partial charge is 0.457 e. The third kappa shape index (κ3) is 3.17. The van der Waals surface area contributed by atoms with Crippen LogP contribution < -0.4 is 10.1 Å². The monoisotopic (exact) mass is 384 g/mol. The van der Waals surface area contributed by atoms with E-state index in [0.29, 0.717) is 16.4 Å². The summed E-state index contributed by atoms with van der Waals surface area (Å²) in [5, 5.41) is 3.55. The molecule has 28 heavy (non-hydrogen) atoms. The van der Waals surface area contributed by atoms with E-state index in [1.165, 1.54) is 21.8 Å². The second kappa shape index (κ2) is 6.94. The number of benzene rings is 3. The number of anilines is 1. The third-order valence-electron chi connectivity index (χ3n) is 4.64. The fraction of sp³-hybridized carbons (Fsp3) is 0.0435. The first kappa shape index (κ1) is 16.7. The van der Waals surface area contributed by atoms with Gasteiger partial charge in [0.25, 0.3) is 5.91 Å². The first-order valence-electron chi connectivity index (χ1n) is 8.98. The van der Waals surface area contributed by atoms with Gasteiger partial charge in [-0.15, -0.1) is 11.3 Å². The number of hydrogen-bond acceptors (Lipinski definition) is 4. The highest BCUT2D eigenvalue weighted by atomic mass is 32.1. The number of aromatic nitrogens is 1. The predicted octanol–water partition coefficient (Wildman–Crippen LogP) is 5.76. The molecule has 0 unspecified atom stereocenters. The van der Waals surface area contributed by atoms with Crippen LogP contribution in [-0.2, 0) is 6.42 Å². The van der Waals surface area contributed by atoms with Crippen LogP contribution in [0.2, 0.25) is 0 Å². The first-order chi connectivity index (χ1) is 13.8. The molecule has 5 heteroatoms. The van der Waals surface area contributed by atoms with Gasteiger partial charge >= 0.3 is 0 Å². The van der Waals surface area contributed by atoms with Gasteiger partial charge in [-0.2, -0.15) is 0 Å². The summed E-state index contributed by atoms with van der Waals surface area (Å²) in [4.78, 5) is 18.4. The molecule has 1 aliphatic rings. The Morgan fingerprint density at radius 1 is 0.893 bits per heavy atom. The lowest BCUT2D eigenvalue weighted by Gasteiger charge is -2.06. The second-order valence-corrected chi connectivity index (χ2v) is 7.60. The molecule has 0 radical (unpaired) electrons. The van der Waals surface area contributed by atoms with Crippen LogP contribution in [-0.4, -0.2) is 10.9 Å². The molecule has 0 bridgehead atoms. The Morgan fingerprint density at radius 2 is 1.61 bits per heavy atom. The molecule has 1 N–H and O–H groups in total. The minimum Gasteiger partial charge on any atom is -0.457 e. The van der Waals surface area contributed by atoms with Crippen LogP contribution >= 0.6 is 11.3 Å². The number of ether oxygens (including phenoxy) is 1. The Kier molecular flexibility index (Phi) is 4.14. The maximum atomic E-state index is 12.6. The average Bonchev–Trinajstić information content (AvgIpc) is 3.26. The predicted molar refractivity (Wildman–Crippen MR) is 111 cm³/mol. The summed E-state index contributed by atoms with van der Waals surface area (Å²) in [7, 11) is 0. The van der Waals surface area contributed by atoms with Crippen LogP contribution in [0.3, 0.4) is 0 Å². The Bertz CT molecular complexity index is 1150. The summed E-state index contributed by atoms with van der Waals surface area (Å²) in [6, 6.07) is 24.9. The van der Waals surface area contributed by atoms with Crippen molar-refractivity contribution in [3.63, 3.8) is 0 Å². The van der Waals surface area contributed by atoms with Gasteiger partial charge in [-0.3, -0.25) is 10.1 Å². The van der Waals surface area contributed by atoms with Gasteiger partial charge in [-0.25, -0.2) is 4.98 Å². The summed E-state index contributed by atoms with van der Waals surface area (Å²) < 4.78 is 5.76. The molecule has 0 spiro atoms. The fourth-order valence-electron chi connectivity index (χ4n) is 3.28. The minimum atomic E-state index is -0.174. The molecule has 0 saturated heterocycles. The van der Waals surface area contributed by atoms with E-state index in [-0.39, 0.29) is 5.91 Å². The Balaban J connectivity index is 1.29. The smallest absolute Gasteiger partial charge is 0.257 e. The zero-order valence-electron chi connectivity index (χ0n) is 14.9. The molecule has 5 rings (SSSR count). The van der Waals surface area contributed by atoms with Gasteiger partial charge in [0.2, 0.25) is 0 Å². The molecule has 0 atom stereocenters. The topological polar surface area (TPSA) is 51.2 Å². The van der Waals surface area contributed by atoms with Crippen LogP contribution in [0.5, 0.6) is 11.5 Å². The van der Waals surface area contributed by atoms with E-state index in [1.54, 1.807) is 24.3 Å². The number of carbonyl (C=O) groups is 1. The molecule has 0 saturated carbocycles. The molecule has 0 aliphatic heterocycles. The van der Waals surface area contributed by atoms with E-state index in [9.17, 15) is 4.79 Å². The Hall–Kier alpha value is -3.44. The molecule has 1 aromatic heterocycles. The van der Waals surface area contributed by atoms with Crippen molar-refractivity contribution in [2.75, 3.05) is 5.32 Å². The van der Waals surface area contributed by atoms with Gasteiger partial charge in [-0.1, -0.05) is 42.5 Å². The van der Waals surface area contributed by atoms with E-state index >= 15 is 0 Å². The van der Waals surface area contributed by atoms with Crippen molar-refractivity contribution in [3.05, 3.63) is 94.9 Å². The van der Waals surface area contributed by atoms with Gasteiger partial charge in [-0.05, 0) is 42.0 Å². The second-order valence-electron chi connectivity index (χ2n) is 6.52. The molecule has 1 amide bonds. The molecule has 4 nitrogen and oxygen atoms in total. The molecule has 1 heterocycles. The normalized spacial score (nSPS) is 11.6. The van der Waals surface area contributed by atoms with Crippen molar-refractivity contribution in [3.8, 4) is 22.8 Å². The molecule has 4 aromatic rings. The molecule has 1 aliphatic carbocycles. The zero-order valence-corrected chi connectivity index (χ0v) is 15.7. The van der Waals surface area contributed by atoms with Gasteiger partial charge in [0.05, 0.1) is 5.69 Å². The van der Waals surface area contributed by atoms with Crippen molar-refractivity contribution in [1.29, 1.82) is 0 Å². The van der Waals surface area contributed by atoms with Crippen LogP contribution in [0, 0.1) is 0 Å². The summed E-state index contributed by atoms with van der Waals surface area (Å²) >= 11 is 1.54. The SMILES string of the molecule is O=C(Nc1nc2c(s1)Cc1ccccc1-2)c1ccc(Oc2ccccc2)cc1.